The molecule has 2 aliphatic rings. The molecule has 3 atom stereocenters. The van der Waals surface area contributed by atoms with Crippen LogP contribution in [0.25, 0.3) is 0 Å². The van der Waals surface area contributed by atoms with E-state index in [2.05, 4.69) is 10.6 Å². The van der Waals surface area contributed by atoms with Crippen molar-refractivity contribution in [2.75, 3.05) is 34.4 Å². The molecular formula is C29H36FN3O6. The fourth-order valence-corrected chi connectivity index (χ4v) is 5.39. The van der Waals surface area contributed by atoms with E-state index in [9.17, 15) is 18.8 Å². The van der Waals surface area contributed by atoms with Crippen molar-refractivity contribution in [1.82, 2.24) is 15.5 Å². The van der Waals surface area contributed by atoms with E-state index >= 15 is 0 Å². The molecule has 4 rings (SSSR count). The Morgan fingerprint density at radius 1 is 0.821 bits per heavy atom. The molecule has 3 amide bonds. The zero-order valence-electron chi connectivity index (χ0n) is 22.6. The number of nitrogens with one attached hydrogen (secondary N) is 2. The van der Waals surface area contributed by atoms with Crippen LogP contribution in [0.2, 0.25) is 0 Å². The summed E-state index contributed by atoms with van der Waals surface area (Å²) in [6.07, 6.45) is 4.76. The van der Waals surface area contributed by atoms with Gasteiger partial charge in [-0.3, -0.25) is 14.4 Å². The quantitative estimate of drug-likeness (QED) is 0.530. The lowest BCUT2D eigenvalue weighted by atomic mass is 9.88. The lowest BCUT2D eigenvalue weighted by Crippen LogP contribution is -2.55. The molecule has 0 unspecified atom stereocenters. The molecule has 2 N–H and O–H groups in total. The Balaban J connectivity index is 1.40. The van der Waals surface area contributed by atoms with Crippen LogP contribution < -0.4 is 24.8 Å². The van der Waals surface area contributed by atoms with Crippen LogP contribution in [0.4, 0.5) is 4.39 Å². The van der Waals surface area contributed by atoms with Gasteiger partial charge in [0.25, 0.3) is 11.8 Å². The van der Waals surface area contributed by atoms with Crippen LogP contribution in [0.5, 0.6) is 17.2 Å². The lowest BCUT2D eigenvalue weighted by Gasteiger charge is -2.36. The number of ether oxygens (including phenoxy) is 3. The normalized spacial score (nSPS) is 21.0. The molecule has 39 heavy (non-hydrogen) atoms. The fourth-order valence-electron chi connectivity index (χ4n) is 5.39. The van der Waals surface area contributed by atoms with Crippen LogP contribution in [0, 0.1) is 11.7 Å². The highest BCUT2D eigenvalue weighted by Gasteiger charge is 2.34. The molecule has 2 aromatic rings. The molecule has 9 nitrogen and oxygen atoms in total. The van der Waals surface area contributed by atoms with Crippen molar-refractivity contribution in [3.63, 3.8) is 0 Å². The van der Waals surface area contributed by atoms with Gasteiger partial charge in [-0.2, -0.15) is 0 Å². The van der Waals surface area contributed by atoms with E-state index in [4.69, 9.17) is 14.2 Å². The van der Waals surface area contributed by atoms with Crippen molar-refractivity contribution in [2.45, 2.75) is 50.6 Å². The first-order chi connectivity index (χ1) is 18.8. The van der Waals surface area contributed by atoms with Crippen LogP contribution in [-0.2, 0) is 4.79 Å². The Bertz CT molecular complexity index is 1160. The molecule has 0 spiro atoms. The minimum Gasteiger partial charge on any atom is -0.493 e. The van der Waals surface area contributed by atoms with Gasteiger partial charge in [0.15, 0.2) is 11.5 Å². The first kappa shape index (κ1) is 28.2. The van der Waals surface area contributed by atoms with Crippen molar-refractivity contribution in [1.29, 1.82) is 0 Å². The number of benzene rings is 2. The maximum Gasteiger partial charge on any atom is 0.254 e. The number of piperidine rings is 1. The van der Waals surface area contributed by atoms with E-state index in [0.29, 0.717) is 54.3 Å². The third kappa shape index (κ3) is 6.61. The van der Waals surface area contributed by atoms with E-state index in [-0.39, 0.29) is 35.7 Å². The lowest BCUT2D eigenvalue weighted by molar-refractivity contribution is -0.127. The van der Waals surface area contributed by atoms with Crippen LogP contribution >= 0.6 is 0 Å². The summed E-state index contributed by atoms with van der Waals surface area (Å²) >= 11 is 0. The number of nitrogens with zero attached hydrogens (tertiary/aromatic N) is 1. The van der Waals surface area contributed by atoms with Gasteiger partial charge in [0.05, 0.1) is 27.2 Å². The third-order valence-corrected chi connectivity index (χ3v) is 7.51. The topological polar surface area (TPSA) is 106 Å². The standard InChI is InChI=1S/C29H36FN3O6/c1-37-24-15-20(16-25(38-2)26(24)39-3)29(36)33-14-6-7-19(17-33)28(35)32-23-9-5-4-8-22(23)31-27(34)18-10-12-21(30)13-11-18/h10-13,15-16,19,22-23H,4-9,14,17H2,1-3H3,(H,31,34)(H,32,35)/t19-,22-,23-/m1/s1. The summed E-state index contributed by atoms with van der Waals surface area (Å²) in [5.74, 6) is -0.212. The SMILES string of the molecule is COc1cc(C(=O)N2CCC[C@@H](C(=O)N[C@@H]3CCCC[C@H]3NC(=O)c3ccc(F)cc3)C2)cc(OC)c1OC. The highest BCUT2D eigenvalue weighted by atomic mass is 19.1. The highest BCUT2D eigenvalue weighted by molar-refractivity contribution is 5.96. The van der Waals surface area contributed by atoms with Crippen LogP contribution in [0.1, 0.15) is 59.2 Å². The maximum absolute atomic E-state index is 13.4. The minimum absolute atomic E-state index is 0.120. The smallest absolute Gasteiger partial charge is 0.254 e. The Kier molecular flexibility index (Phi) is 9.27. The average molecular weight is 542 g/mol. The van der Waals surface area contributed by atoms with E-state index in [1.807, 2.05) is 0 Å². The molecule has 0 aromatic heterocycles. The number of methoxy groups -OCH3 is 3. The second kappa shape index (κ2) is 12.8. The molecular weight excluding hydrogens is 505 g/mol. The second-order valence-corrected chi connectivity index (χ2v) is 9.99. The van der Waals surface area contributed by atoms with Crippen LogP contribution in [0.3, 0.4) is 0 Å². The van der Waals surface area contributed by atoms with Gasteiger partial charge in [-0.1, -0.05) is 12.8 Å². The molecule has 0 radical (unpaired) electrons. The Morgan fingerprint density at radius 3 is 2.03 bits per heavy atom. The monoisotopic (exact) mass is 541 g/mol. The van der Waals surface area contributed by atoms with Gasteiger partial charge >= 0.3 is 0 Å². The number of likely N-dealkylation sites (tertiary alicyclic amines) is 1. The zero-order valence-corrected chi connectivity index (χ0v) is 22.6. The average Bonchev–Trinajstić information content (AvgIpc) is 2.97. The summed E-state index contributed by atoms with van der Waals surface area (Å²) in [7, 11) is 4.49. The van der Waals surface area contributed by atoms with Crippen molar-refractivity contribution >= 4 is 17.7 Å². The van der Waals surface area contributed by atoms with Crippen molar-refractivity contribution in [3.8, 4) is 17.2 Å². The molecule has 0 bridgehead atoms. The molecule has 1 aliphatic carbocycles. The Labute approximate surface area is 228 Å². The second-order valence-electron chi connectivity index (χ2n) is 9.99. The number of carbonyl (C=O) groups excluding carboxylic acids is 3. The summed E-state index contributed by atoms with van der Waals surface area (Å²) in [4.78, 5) is 41.1. The van der Waals surface area contributed by atoms with Crippen LogP contribution in [0.15, 0.2) is 36.4 Å². The van der Waals surface area contributed by atoms with Crippen molar-refractivity contribution < 1.29 is 33.0 Å². The highest BCUT2D eigenvalue weighted by Crippen LogP contribution is 2.38. The zero-order chi connectivity index (χ0) is 27.9. The molecule has 10 heteroatoms. The summed E-state index contributed by atoms with van der Waals surface area (Å²) in [5.41, 5.74) is 0.765. The van der Waals surface area contributed by atoms with E-state index in [0.717, 1.165) is 25.7 Å². The molecule has 2 fully saturated rings. The summed E-state index contributed by atoms with van der Waals surface area (Å²) in [5, 5.41) is 6.17. The van der Waals surface area contributed by atoms with Gasteiger partial charge in [0, 0.05) is 36.3 Å². The molecule has 210 valence electrons. The first-order valence-electron chi connectivity index (χ1n) is 13.3. The van der Waals surface area contributed by atoms with E-state index < -0.39 is 5.82 Å². The van der Waals surface area contributed by atoms with Crippen molar-refractivity contribution in [3.05, 3.63) is 53.3 Å². The third-order valence-electron chi connectivity index (χ3n) is 7.51. The number of halogens is 1. The molecule has 1 aliphatic heterocycles. The molecule has 2 aromatic carbocycles. The number of carbonyl (C=O) groups is 3. The summed E-state index contributed by atoms with van der Waals surface area (Å²) in [6, 6.07) is 8.20. The predicted octanol–water partition coefficient (Wildman–Crippen LogP) is 3.56. The van der Waals surface area contributed by atoms with Crippen molar-refractivity contribution in [2.24, 2.45) is 5.92 Å². The first-order valence-corrected chi connectivity index (χ1v) is 13.3. The van der Waals surface area contributed by atoms with E-state index in [1.165, 1.54) is 45.6 Å². The number of hydrogen-bond donors (Lipinski definition) is 2. The fraction of sp³-hybridized carbons (Fsp3) is 0.483. The molecule has 1 heterocycles. The summed E-state index contributed by atoms with van der Waals surface area (Å²) in [6.45, 7) is 0.833. The van der Waals surface area contributed by atoms with Gasteiger partial charge in [-0.25, -0.2) is 4.39 Å². The van der Waals surface area contributed by atoms with Gasteiger partial charge in [0.1, 0.15) is 5.82 Å². The largest absolute Gasteiger partial charge is 0.493 e. The van der Waals surface area contributed by atoms with Gasteiger partial charge in [0.2, 0.25) is 11.7 Å². The number of rotatable bonds is 8. The molecule has 1 saturated carbocycles. The van der Waals surface area contributed by atoms with Crippen LogP contribution in [-0.4, -0.2) is 69.1 Å². The number of hydrogen-bond acceptors (Lipinski definition) is 6. The Hall–Kier alpha value is -3.82. The van der Waals surface area contributed by atoms with Gasteiger partial charge in [-0.05, 0) is 62.1 Å². The minimum atomic E-state index is -0.403. The predicted molar refractivity (Wildman–Crippen MR) is 143 cm³/mol. The van der Waals surface area contributed by atoms with E-state index in [1.54, 1.807) is 17.0 Å². The maximum atomic E-state index is 13.4. The number of amides is 3. The van der Waals surface area contributed by atoms with Gasteiger partial charge in [-0.15, -0.1) is 0 Å². The molecule has 1 saturated heterocycles. The Morgan fingerprint density at radius 2 is 1.44 bits per heavy atom. The summed E-state index contributed by atoms with van der Waals surface area (Å²) < 4.78 is 29.4. The van der Waals surface area contributed by atoms with Gasteiger partial charge < -0.3 is 29.7 Å².